The van der Waals surface area contributed by atoms with Gasteiger partial charge >= 0.3 is 0 Å². The summed E-state index contributed by atoms with van der Waals surface area (Å²) in [4.78, 5) is 81.7. The number of phenols is 2. The van der Waals surface area contributed by atoms with Gasteiger partial charge in [-0.2, -0.15) is 0 Å². The molecule has 3 aromatic carbocycles. The molecule has 0 bridgehead atoms. The fourth-order valence-corrected chi connectivity index (χ4v) is 8.41. The first kappa shape index (κ1) is 43.5. The number of anilines is 1. The van der Waals surface area contributed by atoms with Gasteiger partial charge in [0, 0.05) is 60.5 Å². The van der Waals surface area contributed by atoms with Crippen LogP contribution in [0.2, 0.25) is 0 Å². The Bertz CT molecular complexity index is 2400. The second-order valence-corrected chi connectivity index (χ2v) is 16.8. The van der Waals surface area contributed by atoms with Crippen molar-refractivity contribution in [2.45, 2.75) is 91.4 Å². The summed E-state index contributed by atoms with van der Waals surface area (Å²) in [6.45, 7) is 11.8. The van der Waals surface area contributed by atoms with Crippen molar-refractivity contribution >= 4 is 41.1 Å². The van der Waals surface area contributed by atoms with Crippen molar-refractivity contribution in [3.05, 3.63) is 82.7 Å². The number of likely N-dealkylation sites (tertiary alicyclic amines) is 1. The van der Waals surface area contributed by atoms with Crippen molar-refractivity contribution in [3.63, 3.8) is 0 Å². The van der Waals surface area contributed by atoms with Crippen LogP contribution in [-0.4, -0.2) is 102 Å². The summed E-state index contributed by atoms with van der Waals surface area (Å²) in [5.74, 6) is -2.80. The average molecular weight is 848 g/mol. The molecule has 62 heavy (non-hydrogen) atoms. The number of hydrogen-bond acceptors (Lipinski definition) is 11. The Balaban J connectivity index is 0.973. The van der Waals surface area contributed by atoms with Crippen molar-refractivity contribution < 1.29 is 39.0 Å². The van der Waals surface area contributed by atoms with E-state index in [1.165, 1.54) is 11.0 Å². The second kappa shape index (κ2) is 18.2. The fourth-order valence-electron chi connectivity index (χ4n) is 8.41. The van der Waals surface area contributed by atoms with E-state index in [0.29, 0.717) is 72.6 Å². The van der Waals surface area contributed by atoms with Gasteiger partial charge in [0.05, 0.1) is 5.56 Å². The first-order valence-corrected chi connectivity index (χ1v) is 21.1. The zero-order valence-corrected chi connectivity index (χ0v) is 35.5. The molecule has 17 nitrogen and oxygen atoms in total. The molecule has 0 spiro atoms. The summed E-state index contributed by atoms with van der Waals surface area (Å²) in [5.41, 5.74) is 3.93. The minimum Gasteiger partial charge on any atom is -0.508 e. The molecule has 7 rings (SSSR count). The molecule has 0 saturated carbocycles. The molecule has 326 valence electrons. The van der Waals surface area contributed by atoms with Crippen LogP contribution in [0.3, 0.4) is 0 Å². The molecule has 6 amide bonds. The van der Waals surface area contributed by atoms with E-state index in [1.807, 2.05) is 52.0 Å². The number of aromatic hydroxyl groups is 2. The number of carbonyl (C=O) groups is 6. The van der Waals surface area contributed by atoms with Gasteiger partial charge in [0.2, 0.25) is 29.5 Å². The van der Waals surface area contributed by atoms with Crippen LogP contribution in [0.25, 0.3) is 17.1 Å². The molecule has 4 aromatic rings. The van der Waals surface area contributed by atoms with E-state index in [0.717, 1.165) is 5.56 Å². The number of amides is 6. The quantitative estimate of drug-likeness (QED) is 0.106. The van der Waals surface area contributed by atoms with Crippen LogP contribution in [-0.2, 0) is 32.3 Å². The Hall–Kier alpha value is -6.62. The average Bonchev–Trinajstić information content (AvgIpc) is 3.82. The lowest BCUT2D eigenvalue weighted by Gasteiger charge is -2.32. The molecule has 1 unspecified atom stereocenters. The highest BCUT2D eigenvalue weighted by atomic mass is 16.3. The van der Waals surface area contributed by atoms with Gasteiger partial charge in [0.1, 0.15) is 23.6 Å². The number of piperidine rings is 2. The highest BCUT2D eigenvalue weighted by Crippen LogP contribution is 2.38. The van der Waals surface area contributed by atoms with Crippen molar-refractivity contribution in [2.75, 3.05) is 25.0 Å². The highest BCUT2D eigenvalue weighted by molar-refractivity contribution is 6.07. The number of nitrogens with one attached hydrogen (secondary N) is 4. The monoisotopic (exact) mass is 847 g/mol. The Morgan fingerprint density at radius 3 is 2.29 bits per heavy atom. The maximum Gasteiger partial charge on any atom is 0.289 e. The van der Waals surface area contributed by atoms with E-state index < -0.39 is 29.8 Å². The molecule has 0 radical (unpaired) electrons. The van der Waals surface area contributed by atoms with Crippen molar-refractivity contribution in [2.24, 2.45) is 11.8 Å². The SMILES string of the molecule is CCNC(=O)c1nnc(-c2cc(C(C)C)c(O)cc2O)n1-c1ccc(CN2CCC(C(=O)N[C@H](C(=O)Nc3cccc4c3CN(C3CCC(=O)NC3=O)C4=O)C(C)C)CC2)cc1. The Morgan fingerprint density at radius 1 is 0.903 bits per heavy atom. The van der Waals surface area contributed by atoms with Crippen molar-refractivity contribution in [1.82, 2.24) is 40.5 Å². The molecule has 4 heterocycles. The maximum atomic E-state index is 13.7. The van der Waals surface area contributed by atoms with E-state index in [-0.39, 0.29) is 78.0 Å². The van der Waals surface area contributed by atoms with Crippen molar-refractivity contribution in [1.29, 1.82) is 0 Å². The maximum absolute atomic E-state index is 13.7. The van der Waals surface area contributed by atoms with Crippen LogP contribution in [0, 0.1) is 11.8 Å². The number of benzene rings is 3. The number of fused-ring (bicyclic) bond motifs is 1. The predicted molar refractivity (Wildman–Crippen MR) is 228 cm³/mol. The molecule has 17 heteroatoms. The number of nitrogens with zero attached hydrogens (tertiary/aromatic N) is 5. The van der Waals surface area contributed by atoms with E-state index in [4.69, 9.17) is 0 Å². The molecule has 2 atom stereocenters. The number of hydrogen-bond donors (Lipinski definition) is 6. The molecule has 0 aliphatic carbocycles. The summed E-state index contributed by atoms with van der Waals surface area (Å²) in [7, 11) is 0. The summed E-state index contributed by atoms with van der Waals surface area (Å²) in [6.07, 6.45) is 1.55. The fraction of sp³-hybridized carbons (Fsp3) is 0.422. The first-order valence-electron chi connectivity index (χ1n) is 21.1. The van der Waals surface area contributed by atoms with E-state index in [9.17, 15) is 39.0 Å². The van der Waals surface area contributed by atoms with Crippen LogP contribution in [0.15, 0.2) is 54.6 Å². The van der Waals surface area contributed by atoms with Gasteiger partial charge in [-0.05, 0) is 92.6 Å². The van der Waals surface area contributed by atoms with Gasteiger partial charge in [-0.3, -0.25) is 43.6 Å². The van der Waals surface area contributed by atoms with Gasteiger partial charge < -0.3 is 31.1 Å². The lowest BCUT2D eigenvalue weighted by molar-refractivity contribution is -0.137. The molecular weight excluding hydrogens is 795 g/mol. The Labute approximate surface area is 359 Å². The summed E-state index contributed by atoms with van der Waals surface area (Å²) in [6, 6.07) is 13.9. The third kappa shape index (κ3) is 8.89. The number of carbonyl (C=O) groups excluding carboxylic acids is 6. The largest absolute Gasteiger partial charge is 0.508 e. The van der Waals surface area contributed by atoms with Crippen LogP contribution < -0.4 is 21.3 Å². The number of imide groups is 1. The Kier molecular flexibility index (Phi) is 12.7. The lowest BCUT2D eigenvalue weighted by Crippen LogP contribution is -2.52. The smallest absolute Gasteiger partial charge is 0.289 e. The number of phenolic OH excluding ortho intramolecular Hbond substituents is 2. The van der Waals surface area contributed by atoms with Gasteiger partial charge in [-0.25, -0.2) is 0 Å². The molecule has 2 saturated heterocycles. The highest BCUT2D eigenvalue weighted by Gasteiger charge is 2.40. The van der Waals surface area contributed by atoms with Gasteiger partial charge in [0.25, 0.3) is 11.8 Å². The summed E-state index contributed by atoms with van der Waals surface area (Å²) in [5, 5.41) is 40.8. The van der Waals surface area contributed by atoms with Gasteiger partial charge in [0.15, 0.2) is 5.82 Å². The summed E-state index contributed by atoms with van der Waals surface area (Å²) >= 11 is 0. The third-order valence-corrected chi connectivity index (χ3v) is 11.9. The number of rotatable bonds is 13. The third-order valence-electron chi connectivity index (χ3n) is 11.9. The van der Waals surface area contributed by atoms with Gasteiger partial charge in [-0.15, -0.1) is 10.2 Å². The minimum atomic E-state index is -0.840. The molecular formula is C45H53N9O8. The number of aromatic nitrogens is 3. The Morgan fingerprint density at radius 2 is 1.63 bits per heavy atom. The van der Waals surface area contributed by atoms with Gasteiger partial charge in [-0.1, -0.05) is 45.9 Å². The minimum absolute atomic E-state index is 0.0386. The molecule has 2 fully saturated rings. The lowest BCUT2D eigenvalue weighted by atomic mass is 9.94. The first-order chi connectivity index (χ1) is 29.6. The van der Waals surface area contributed by atoms with Crippen LogP contribution in [0.5, 0.6) is 11.5 Å². The zero-order chi connectivity index (χ0) is 44.4. The molecule has 1 aromatic heterocycles. The van der Waals surface area contributed by atoms with E-state index in [2.05, 4.69) is 36.4 Å². The zero-order valence-electron chi connectivity index (χ0n) is 35.5. The van der Waals surface area contributed by atoms with E-state index >= 15 is 0 Å². The normalized spacial score (nSPS) is 17.6. The standard InChI is InChI=1S/C45H53N9O8/c1-6-46-44(61)40-51-50-39(31-20-30(24(2)3)35(55)21-36(31)56)54(40)28-12-10-26(11-13-28)22-52-18-16-27(17-19-52)41(58)49-38(25(4)5)43(60)47-33-9-7-8-29-32(33)23-53(45(29)62)34-14-15-37(57)48-42(34)59/h7-13,20-21,24-25,27,34,38,55-56H,6,14-19,22-23H2,1-5H3,(H,46,61)(H,47,60)(H,49,58)(H,48,57,59)/t34?,38-/m0/s1. The van der Waals surface area contributed by atoms with Crippen molar-refractivity contribution in [3.8, 4) is 28.6 Å². The topological polar surface area (TPSA) is 228 Å². The van der Waals surface area contributed by atoms with Crippen LogP contribution in [0.4, 0.5) is 5.69 Å². The van der Waals surface area contributed by atoms with Crippen LogP contribution in [0.1, 0.15) is 104 Å². The molecule has 3 aliphatic rings. The molecule has 3 aliphatic heterocycles. The van der Waals surface area contributed by atoms with E-state index in [1.54, 1.807) is 35.8 Å². The summed E-state index contributed by atoms with van der Waals surface area (Å²) < 4.78 is 1.59. The molecule has 6 N–H and O–H groups in total. The predicted octanol–water partition coefficient (Wildman–Crippen LogP) is 3.97. The van der Waals surface area contributed by atoms with Crippen LogP contribution >= 0.6 is 0 Å². The second-order valence-electron chi connectivity index (χ2n) is 16.8.